The maximum absolute atomic E-state index is 12.4. The number of rotatable bonds is 4. The molecular weight excluding hydrogens is 318 g/mol. The Labute approximate surface area is 140 Å². The van der Waals surface area contributed by atoms with Crippen LogP contribution in [0.5, 0.6) is 11.5 Å². The van der Waals surface area contributed by atoms with Gasteiger partial charge < -0.3 is 23.5 Å². The van der Waals surface area contributed by atoms with Crippen molar-refractivity contribution in [2.75, 3.05) is 20.1 Å². The van der Waals surface area contributed by atoms with E-state index in [0.717, 1.165) is 0 Å². The Morgan fingerprint density at radius 1 is 1.17 bits per heavy atom. The van der Waals surface area contributed by atoms with Gasteiger partial charge in [-0.2, -0.15) is 0 Å². The molecule has 0 atom stereocenters. The minimum absolute atomic E-state index is 0.127. The van der Waals surface area contributed by atoms with Crippen molar-refractivity contribution in [3.63, 3.8) is 0 Å². The predicted octanol–water partition coefficient (Wildman–Crippen LogP) is 1.84. The average molecular weight is 338 g/mol. The van der Waals surface area contributed by atoms with Gasteiger partial charge in [0.2, 0.25) is 6.79 Å². The van der Waals surface area contributed by atoms with E-state index in [0.29, 0.717) is 11.2 Å². The fourth-order valence-electron chi connectivity index (χ4n) is 2.57. The molecule has 2 heterocycles. The van der Waals surface area contributed by atoms with E-state index in [1.807, 2.05) is 27.7 Å². The number of benzene rings is 1. The van der Waals surface area contributed by atoms with Gasteiger partial charge in [-0.25, -0.2) is 9.18 Å². The molecule has 24 heavy (non-hydrogen) atoms. The molecule has 0 saturated carbocycles. The molecule has 0 bridgehead atoms. The Hall–Kier alpha value is -1.80. The second-order valence-corrected chi connectivity index (χ2v) is 6.68. The third-order valence-electron chi connectivity index (χ3n) is 4.59. The van der Waals surface area contributed by atoms with Crippen molar-refractivity contribution in [3.8, 4) is 11.5 Å². The van der Waals surface area contributed by atoms with Crippen molar-refractivity contribution in [2.45, 2.75) is 38.9 Å². The Bertz CT molecular complexity index is 644. The molecule has 0 amide bonds. The highest BCUT2D eigenvalue weighted by Gasteiger charge is 2.53. The summed E-state index contributed by atoms with van der Waals surface area (Å²) in [5.74, 6) is -0.0720. The zero-order chi connectivity index (χ0) is 17.5. The molecule has 0 radical (unpaired) electrons. The number of fused-ring (bicyclic) bond motifs is 1. The molecule has 0 spiro atoms. The smallest absolute Gasteiger partial charge is 0.490 e. The molecule has 8 heteroatoms. The van der Waals surface area contributed by atoms with Crippen molar-refractivity contribution in [1.29, 1.82) is 0 Å². The quantitative estimate of drug-likeness (QED) is 0.617. The third-order valence-corrected chi connectivity index (χ3v) is 4.59. The fourth-order valence-corrected chi connectivity index (χ4v) is 2.57. The molecule has 1 aromatic carbocycles. The third kappa shape index (κ3) is 2.73. The zero-order valence-electron chi connectivity index (χ0n) is 14.2. The van der Waals surface area contributed by atoms with E-state index < -0.39 is 31.0 Å². The molecule has 1 saturated heterocycles. The van der Waals surface area contributed by atoms with E-state index in [-0.39, 0.29) is 24.7 Å². The summed E-state index contributed by atoms with van der Waals surface area (Å²) in [5.41, 5.74) is -0.346. The molecule has 2 aliphatic heterocycles. The lowest BCUT2D eigenvalue weighted by atomic mass is 9.77. The second-order valence-electron chi connectivity index (χ2n) is 6.68. The standard InChI is InChI=1S/C16H20BFO6/c1-15(2)16(3,4)24-17(23-15)10-5-6-11(20-8-7-18)12-13(10)21-9-22-14(12)19/h5-6H,7-9H2,1-4H3. The van der Waals surface area contributed by atoms with Gasteiger partial charge in [0.15, 0.2) is 0 Å². The molecular formula is C16H20BFO6. The largest absolute Gasteiger partial charge is 0.498 e. The normalized spacial score (nSPS) is 21.0. The summed E-state index contributed by atoms with van der Waals surface area (Å²) < 4.78 is 40.1. The number of cyclic esters (lactones) is 1. The molecule has 0 N–H and O–H groups in total. The monoisotopic (exact) mass is 338 g/mol. The lowest BCUT2D eigenvalue weighted by Crippen LogP contribution is -2.41. The van der Waals surface area contributed by atoms with Gasteiger partial charge in [0.25, 0.3) is 0 Å². The number of hydrogen-bond acceptors (Lipinski definition) is 6. The molecule has 2 aliphatic rings. The van der Waals surface area contributed by atoms with Crippen LogP contribution < -0.4 is 14.9 Å². The van der Waals surface area contributed by atoms with Gasteiger partial charge in [-0.1, -0.05) is 6.07 Å². The first-order valence-corrected chi connectivity index (χ1v) is 7.78. The Morgan fingerprint density at radius 3 is 2.46 bits per heavy atom. The van der Waals surface area contributed by atoms with Gasteiger partial charge in [-0.15, -0.1) is 0 Å². The van der Waals surface area contributed by atoms with Crippen LogP contribution in [0.2, 0.25) is 0 Å². The molecule has 3 rings (SSSR count). The zero-order valence-corrected chi connectivity index (χ0v) is 14.2. The highest BCUT2D eigenvalue weighted by atomic mass is 19.1. The van der Waals surface area contributed by atoms with Gasteiger partial charge in [0, 0.05) is 5.46 Å². The molecule has 6 nitrogen and oxygen atoms in total. The van der Waals surface area contributed by atoms with Crippen LogP contribution >= 0.6 is 0 Å². The number of halogens is 1. The van der Waals surface area contributed by atoms with E-state index in [2.05, 4.69) is 0 Å². The molecule has 0 unspecified atom stereocenters. The maximum Gasteiger partial charge on any atom is 0.498 e. The number of esters is 1. The highest BCUT2D eigenvalue weighted by Crippen LogP contribution is 2.39. The second kappa shape index (κ2) is 5.93. The predicted molar refractivity (Wildman–Crippen MR) is 84.5 cm³/mol. The van der Waals surface area contributed by atoms with Crippen molar-refractivity contribution >= 4 is 18.6 Å². The number of carbonyl (C=O) groups is 1. The van der Waals surface area contributed by atoms with Gasteiger partial charge in [0.05, 0.1) is 11.2 Å². The summed E-state index contributed by atoms with van der Waals surface area (Å²) in [5, 5.41) is 0. The fraction of sp³-hybridized carbons (Fsp3) is 0.562. The first kappa shape index (κ1) is 17.0. The Balaban J connectivity index is 2.01. The van der Waals surface area contributed by atoms with E-state index in [4.69, 9.17) is 23.5 Å². The van der Waals surface area contributed by atoms with E-state index in [1.54, 1.807) is 12.1 Å². The number of hydrogen-bond donors (Lipinski definition) is 0. The van der Waals surface area contributed by atoms with Crippen LogP contribution in [0.1, 0.15) is 38.1 Å². The van der Waals surface area contributed by atoms with Crippen molar-refractivity contribution < 1.29 is 32.7 Å². The van der Waals surface area contributed by atoms with Crippen LogP contribution in [0.3, 0.4) is 0 Å². The number of ether oxygens (including phenoxy) is 3. The first-order valence-electron chi connectivity index (χ1n) is 7.78. The summed E-state index contributed by atoms with van der Waals surface area (Å²) in [7, 11) is -0.690. The van der Waals surface area contributed by atoms with Crippen LogP contribution in [0, 0.1) is 0 Å². The average Bonchev–Trinajstić information content (AvgIpc) is 2.73. The molecule has 1 aromatic rings. The molecule has 0 aliphatic carbocycles. The van der Waals surface area contributed by atoms with Gasteiger partial charge in [-0.3, -0.25) is 0 Å². The Morgan fingerprint density at radius 2 is 1.83 bits per heavy atom. The lowest BCUT2D eigenvalue weighted by molar-refractivity contribution is 0.00453. The van der Waals surface area contributed by atoms with Crippen LogP contribution in [0.15, 0.2) is 12.1 Å². The van der Waals surface area contributed by atoms with Crippen molar-refractivity contribution in [3.05, 3.63) is 17.7 Å². The Kier molecular flexibility index (Phi) is 4.21. The lowest BCUT2D eigenvalue weighted by Gasteiger charge is -2.32. The topological polar surface area (TPSA) is 63.2 Å². The number of alkyl halides is 1. The summed E-state index contributed by atoms with van der Waals surface area (Å²) >= 11 is 0. The summed E-state index contributed by atoms with van der Waals surface area (Å²) in [4.78, 5) is 12.1. The number of carbonyl (C=O) groups excluding carboxylic acids is 1. The van der Waals surface area contributed by atoms with Gasteiger partial charge in [0.1, 0.15) is 30.3 Å². The van der Waals surface area contributed by atoms with Gasteiger partial charge >= 0.3 is 13.1 Å². The van der Waals surface area contributed by atoms with Crippen LogP contribution in [-0.4, -0.2) is 44.4 Å². The van der Waals surface area contributed by atoms with Crippen molar-refractivity contribution in [1.82, 2.24) is 0 Å². The molecule has 1 fully saturated rings. The van der Waals surface area contributed by atoms with Crippen LogP contribution in [0.4, 0.5) is 4.39 Å². The molecule has 0 aromatic heterocycles. The minimum atomic E-state index is -0.690. The maximum atomic E-state index is 12.4. The van der Waals surface area contributed by atoms with Crippen molar-refractivity contribution in [2.24, 2.45) is 0 Å². The van der Waals surface area contributed by atoms with Crippen LogP contribution in [0.25, 0.3) is 0 Å². The minimum Gasteiger partial charge on any atom is -0.490 e. The van der Waals surface area contributed by atoms with E-state index in [9.17, 15) is 9.18 Å². The summed E-state index contributed by atoms with van der Waals surface area (Å²) in [6.45, 7) is 6.73. The molecule has 130 valence electrons. The summed E-state index contributed by atoms with van der Waals surface area (Å²) in [6, 6.07) is 3.28. The first-order chi connectivity index (χ1) is 11.3. The summed E-state index contributed by atoms with van der Waals surface area (Å²) in [6.07, 6.45) is 0. The van der Waals surface area contributed by atoms with E-state index >= 15 is 0 Å². The van der Waals surface area contributed by atoms with Crippen LogP contribution in [-0.2, 0) is 14.0 Å². The van der Waals surface area contributed by atoms with Gasteiger partial charge in [-0.05, 0) is 33.8 Å². The van der Waals surface area contributed by atoms with E-state index in [1.165, 1.54) is 0 Å². The highest BCUT2D eigenvalue weighted by molar-refractivity contribution is 6.63. The SMILES string of the molecule is CC1(C)OB(c2ccc(OCCF)c3c2OCOC3=O)OC1(C)C.